The standard InChI is InChI=1S/C46H26N4/c1-2-13-28(14-3-1)43-34-23-22-27-12-6-7-17-31(27)44(34)48-46(47-43)50-38-21-11-8-18-32(38)41-40(50)26-36-35-24-29-15-4-5-16-30(29)25-39(35)49-37-20-10-9-19-33(37)42(41)45(36)49/h1-26H. The van der Waals surface area contributed by atoms with E-state index in [4.69, 9.17) is 9.97 Å². The van der Waals surface area contributed by atoms with Crippen molar-refractivity contribution in [3.05, 3.63) is 158 Å². The van der Waals surface area contributed by atoms with Crippen LogP contribution in [0, 0.1) is 0 Å². The molecule has 8 aromatic carbocycles. The lowest BCUT2D eigenvalue weighted by Gasteiger charge is -2.13. The molecule has 230 valence electrons. The third-order valence-electron chi connectivity index (χ3n) is 10.8. The lowest BCUT2D eigenvalue weighted by Crippen LogP contribution is -2.03. The quantitative estimate of drug-likeness (QED) is 0.177. The van der Waals surface area contributed by atoms with Crippen LogP contribution >= 0.6 is 0 Å². The molecule has 0 aliphatic rings. The molecule has 0 unspecified atom stereocenters. The number of nitrogens with zero attached hydrogens (tertiary/aromatic N) is 4. The van der Waals surface area contributed by atoms with Crippen LogP contribution in [0.5, 0.6) is 0 Å². The first kappa shape index (κ1) is 26.2. The largest absolute Gasteiger partial charge is 0.308 e. The summed E-state index contributed by atoms with van der Waals surface area (Å²) in [6.45, 7) is 0. The highest BCUT2D eigenvalue weighted by Gasteiger charge is 2.25. The van der Waals surface area contributed by atoms with Crippen LogP contribution in [0.4, 0.5) is 0 Å². The first-order valence-corrected chi connectivity index (χ1v) is 17.1. The highest BCUT2D eigenvalue weighted by atomic mass is 15.2. The number of rotatable bonds is 2. The topological polar surface area (TPSA) is 35.1 Å². The third kappa shape index (κ3) is 3.30. The molecule has 50 heavy (non-hydrogen) atoms. The molecule has 4 nitrogen and oxygen atoms in total. The molecule has 0 atom stereocenters. The molecule has 0 spiro atoms. The van der Waals surface area contributed by atoms with Crippen molar-refractivity contribution in [2.45, 2.75) is 0 Å². The molecule has 0 fully saturated rings. The number of hydrogen-bond acceptors (Lipinski definition) is 2. The summed E-state index contributed by atoms with van der Waals surface area (Å²) in [6.07, 6.45) is 0. The van der Waals surface area contributed by atoms with E-state index in [0.29, 0.717) is 5.95 Å². The van der Waals surface area contributed by atoms with E-state index in [1.54, 1.807) is 0 Å². The van der Waals surface area contributed by atoms with E-state index in [2.05, 4.69) is 167 Å². The third-order valence-corrected chi connectivity index (χ3v) is 10.8. The average Bonchev–Trinajstić information content (AvgIpc) is 3.81. The van der Waals surface area contributed by atoms with E-state index in [1.165, 1.54) is 59.6 Å². The number of benzene rings is 8. The zero-order valence-electron chi connectivity index (χ0n) is 26.8. The normalized spacial score (nSPS) is 12.4. The van der Waals surface area contributed by atoms with Crippen molar-refractivity contribution in [2.24, 2.45) is 0 Å². The van der Waals surface area contributed by atoms with E-state index in [-0.39, 0.29) is 0 Å². The summed E-state index contributed by atoms with van der Waals surface area (Å²) in [5.74, 6) is 0.672. The Morgan fingerprint density at radius 1 is 0.380 bits per heavy atom. The SMILES string of the molecule is c1ccc(-c2nc(-n3c4ccccc4c4c5c6ccccc6n6c7cc8ccccc8cc7c(cc43)c56)nc3c2ccc2ccccc23)cc1. The molecule has 0 amide bonds. The molecule has 0 aliphatic carbocycles. The number of aromatic nitrogens is 4. The zero-order chi connectivity index (χ0) is 32.5. The second-order valence-electron chi connectivity index (χ2n) is 13.4. The summed E-state index contributed by atoms with van der Waals surface area (Å²) >= 11 is 0. The Balaban J connectivity index is 1.32. The molecule has 0 saturated heterocycles. The smallest absolute Gasteiger partial charge is 0.235 e. The van der Waals surface area contributed by atoms with Gasteiger partial charge in [0.1, 0.15) is 0 Å². The van der Waals surface area contributed by atoms with Crippen LogP contribution < -0.4 is 0 Å². The van der Waals surface area contributed by atoms with Gasteiger partial charge in [-0.05, 0) is 52.6 Å². The molecule has 0 N–H and O–H groups in total. The van der Waals surface area contributed by atoms with Gasteiger partial charge in [-0.15, -0.1) is 0 Å². The monoisotopic (exact) mass is 634 g/mol. The summed E-state index contributed by atoms with van der Waals surface area (Å²) < 4.78 is 4.79. The maximum absolute atomic E-state index is 5.46. The number of fused-ring (bicyclic) bond motifs is 14. The summed E-state index contributed by atoms with van der Waals surface area (Å²) in [5.41, 5.74) is 8.88. The summed E-state index contributed by atoms with van der Waals surface area (Å²) in [5, 5.41) is 13.3. The minimum atomic E-state index is 0.672. The van der Waals surface area contributed by atoms with Gasteiger partial charge >= 0.3 is 0 Å². The molecule has 0 saturated carbocycles. The van der Waals surface area contributed by atoms with Crippen molar-refractivity contribution in [3.8, 4) is 17.2 Å². The second-order valence-corrected chi connectivity index (χ2v) is 13.4. The Hall–Kier alpha value is -6.78. The van der Waals surface area contributed by atoms with Crippen LogP contribution in [-0.2, 0) is 0 Å². The van der Waals surface area contributed by atoms with Crippen LogP contribution in [-0.4, -0.2) is 18.9 Å². The van der Waals surface area contributed by atoms with E-state index >= 15 is 0 Å². The number of para-hydroxylation sites is 2. The maximum atomic E-state index is 5.46. The predicted molar refractivity (Wildman–Crippen MR) is 209 cm³/mol. The van der Waals surface area contributed by atoms with Gasteiger partial charge in [-0.2, -0.15) is 0 Å². The van der Waals surface area contributed by atoms with Crippen LogP contribution in [0.2, 0.25) is 0 Å². The Kier molecular flexibility index (Phi) is 4.94. The van der Waals surface area contributed by atoms with Crippen LogP contribution in [0.25, 0.3) is 110 Å². The second kappa shape index (κ2) is 9.43. The van der Waals surface area contributed by atoms with E-state index in [0.717, 1.165) is 44.0 Å². The van der Waals surface area contributed by atoms with E-state index in [1.807, 2.05) is 0 Å². The molecule has 12 aromatic rings. The van der Waals surface area contributed by atoms with Crippen LogP contribution in [0.1, 0.15) is 0 Å². The lowest BCUT2D eigenvalue weighted by atomic mass is 10.0. The minimum Gasteiger partial charge on any atom is -0.308 e. The first-order chi connectivity index (χ1) is 24.8. The van der Waals surface area contributed by atoms with Crippen molar-refractivity contribution in [3.63, 3.8) is 0 Å². The van der Waals surface area contributed by atoms with E-state index in [9.17, 15) is 0 Å². The first-order valence-electron chi connectivity index (χ1n) is 17.1. The molecular weight excluding hydrogens is 609 g/mol. The highest BCUT2D eigenvalue weighted by Crippen LogP contribution is 2.47. The van der Waals surface area contributed by atoms with Gasteiger partial charge in [0, 0.05) is 48.7 Å². The fourth-order valence-corrected chi connectivity index (χ4v) is 8.68. The molecule has 12 rings (SSSR count). The molecular formula is C46H26N4. The average molecular weight is 635 g/mol. The Labute approximate surface area is 285 Å². The Morgan fingerprint density at radius 3 is 1.86 bits per heavy atom. The maximum Gasteiger partial charge on any atom is 0.235 e. The van der Waals surface area contributed by atoms with Crippen molar-refractivity contribution >= 4 is 92.3 Å². The van der Waals surface area contributed by atoms with Gasteiger partial charge in [-0.3, -0.25) is 4.57 Å². The molecule has 0 bridgehead atoms. The van der Waals surface area contributed by atoms with Gasteiger partial charge in [0.25, 0.3) is 0 Å². The fourth-order valence-electron chi connectivity index (χ4n) is 8.68. The predicted octanol–water partition coefficient (Wildman–Crippen LogP) is 11.9. The van der Waals surface area contributed by atoms with Gasteiger partial charge < -0.3 is 4.40 Å². The Bertz CT molecular complexity index is 3370. The summed E-state index contributed by atoms with van der Waals surface area (Å²) in [4.78, 5) is 10.9. The lowest BCUT2D eigenvalue weighted by molar-refractivity contribution is 1.02. The minimum absolute atomic E-state index is 0.672. The highest BCUT2D eigenvalue weighted by molar-refractivity contribution is 6.36. The van der Waals surface area contributed by atoms with Gasteiger partial charge in [-0.1, -0.05) is 121 Å². The van der Waals surface area contributed by atoms with E-state index < -0.39 is 0 Å². The molecule has 0 radical (unpaired) electrons. The number of hydrogen-bond donors (Lipinski definition) is 0. The fraction of sp³-hybridized carbons (Fsp3) is 0. The van der Waals surface area contributed by atoms with Gasteiger partial charge in [0.15, 0.2) is 0 Å². The molecule has 0 aliphatic heterocycles. The molecule has 4 aromatic heterocycles. The van der Waals surface area contributed by atoms with Crippen molar-refractivity contribution in [2.75, 3.05) is 0 Å². The summed E-state index contributed by atoms with van der Waals surface area (Å²) in [6, 6.07) is 56.8. The van der Waals surface area contributed by atoms with Crippen LogP contribution in [0.15, 0.2) is 158 Å². The van der Waals surface area contributed by atoms with Crippen LogP contribution in [0.3, 0.4) is 0 Å². The zero-order valence-corrected chi connectivity index (χ0v) is 26.8. The Morgan fingerprint density at radius 2 is 1.04 bits per heavy atom. The van der Waals surface area contributed by atoms with Gasteiger partial charge in [0.2, 0.25) is 5.95 Å². The van der Waals surface area contributed by atoms with Gasteiger partial charge in [-0.25, -0.2) is 9.97 Å². The molecule has 4 heteroatoms. The van der Waals surface area contributed by atoms with Crippen molar-refractivity contribution < 1.29 is 0 Å². The van der Waals surface area contributed by atoms with Crippen molar-refractivity contribution in [1.29, 1.82) is 0 Å². The van der Waals surface area contributed by atoms with Crippen molar-refractivity contribution in [1.82, 2.24) is 18.9 Å². The molecule has 4 heterocycles. The summed E-state index contributed by atoms with van der Waals surface area (Å²) in [7, 11) is 0. The van der Waals surface area contributed by atoms with Gasteiger partial charge in [0.05, 0.1) is 38.8 Å².